The topological polar surface area (TPSA) is 35.5 Å². The minimum Gasteiger partial charge on any atom is -0.167 e. The van der Waals surface area contributed by atoms with Crippen molar-refractivity contribution in [2.45, 2.75) is 26.1 Å². The van der Waals surface area contributed by atoms with Gasteiger partial charge in [-0.15, -0.1) is 0 Å². The van der Waals surface area contributed by atoms with Crippen LogP contribution in [-0.2, 0) is 13.6 Å². The second kappa shape index (κ2) is 9.24. The van der Waals surface area contributed by atoms with E-state index in [9.17, 15) is 22.1 Å². The number of allylic oxidation sites excluding steroid dienone is 2. The molecule has 0 radical (unpaired) electrons. The van der Waals surface area contributed by atoms with Gasteiger partial charge in [0.15, 0.2) is 0 Å². The highest BCUT2D eigenvalue weighted by Crippen LogP contribution is 2.41. The Hall–Kier alpha value is -2.34. The molecule has 0 aromatic heterocycles. The summed E-state index contributed by atoms with van der Waals surface area (Å²) in [5.74, 6) is 0. The lowest BCUT2D eigenvalue weighted by molar-refractivity contribution is -0.167. The van der Waals surface area contributed by atoms with E-state index in [4.69, 9.17) is 0 Å². The van der Waals surface area contributed by atoms with Crippen LogP contribution in [0.25, 0.3) is 11.1 Å². The van der Waals surface area contributed by atoms with Gasteiger partial charge in [0, 0.05) is 16.7 Å². The van der Waals surface area contributed by atoms with Gasteiger partial charge in [0.25, 0.3) is 0 Å². The Morgan fingerprint density at radius 1 is 0.750 bits per heavy atom. The molecule has 0 saturated heterocycles. The molecule has 8 heteroatoms. The Bertz CT molecular complexity index is 794. The van der Waals surface area contributed by atoms with Crippen molar-refractivity contribution in [3.8, 4) is 0 Å². The normalized spacial score (nSPS) is 14.1. The van der Waals surface area contributed by atoms with Gasteiger partial charge in [0.1, 0.15) is 0 Å². The maximum Gasteiger partial charge on any atom is 0.710 e. The molecule has 0 atom stereocenters. The summed E-state index contributed by atoms with van der Waals surface area (Å²) in [6, 6.07) is 16.4. The molecule has 0 heterocycles. The van der Waals surface area contributed by atoms with Crippen LogP contribution in [0.5, 0.6) is 0 Å². The molecule has 0 N–H and O–H groups in total. The van der Waals surface area contributed by atoms with Crippen molar-refractivity contribution in [1.29, 1.82) is 0 Å². The molecule has 148 valence electrons. The van der Waals surface area contributed by atoms with Gasteiger partial charge in [-0.1, -0.05) is 60.7 Å². The van der Waals surface area contributed by atoms with Crippen LogP contribution >= 0.6 is 8.25 Å². The maximum absolute atomic E-state index is 13.9. The average molecular weight is 413 g/mol. The zero-order valence-electron chi connectivity index (χ0n) is 15.1. The minimum atomic E-state index is -4.05. The minimum absolute atomic E-state index is 0.126. The molecule has 0 spiro atoms. The van der Waals surface area contributed by atoms with E-state index in [1.807, 2.05) is 0 Å². The molecule has 0 aliphatic heterocycles. The number of halogens is 4. The monoisotopic (exact) mass is 413 g/mol. The molecule has 2 rings (SSSR count). The number of hydrogen-bond donors (Lipinski definition) is 0. The summed E-state index contributed by atoms with van der Waals surface area (Å²) < 4.78 is 75.0. The SMILES string of the molecule is CC(=CC(F)(F)O[P+](=O)OC(F)(F)C=C(C)c1ccccc1)c1ccccc1. The zero-order valence-corrected chi connectivity index (χ0v) is 16.0. The summed E-state index contributed by atoms with van der Waals surface area (Å²) in [5.41, 5.74) is 1.21. The summed E-state index contributed by atoms with van der Waals surface area (Å²) in [6.45, 7) is 2.78. The van der Waals surface area contributed by atoms with Crippen molar-refractivity contribution in [1.82, 2.24) is 0 Å². The summed E-state index contributed by atoms with van der Waals surface area (Å²) in [5, 5.41) is 0. The van der Waals surface area contributed by atoms with Gasteiger partial charge in [-0.3, -0.25) is 0 Å². The predicted molar refractivity (Wildman–Crippen MR) is 99.9 cm³/mol. The lowest BCUT2D eigenvalue weighted by Gasteiger charge is -2.09. The maximum atomic E-state index is 13.9. The molecular formula is C20H18F4O3P+. The van der Waals surface area contributed by atoms with Crippen molar-refractivity contribution in [2.24, 2.45) is 0 Å². The van der Waals surface area contributed by atoms with Gasteiger partial charge in [0.2, 0.25) is 0 Å². The second-order valence-corrected chi connectivity index (χ2v) is 6.73. The van der Waals surface area contributed by atoms with Gasteiger partial charge in [-0.05, 0) is 45.2 Å². The first kappa shape index (κ1) is 22.0. The summed E-state index contributed by atoms with van der Waals surface area (Å²) in [6.07, 6.45) is -7.33. The second-order valence-electron chi connectivity index (χ2n) is 5.92. The van der Waals surface area contributed by atoms with E-state index in [1.54, 1.807) is 60.7 Å². The van der Waals surface area contributed by atoms with Crippen LogP contribution in [-0.4, -0.2) is 12.2 Å². The van der Waals surface area contributed by atoms with Gasteiger partial charge in [-0.2, -0.15) is 17.6 Å². The number of hydrogen-bond acceptors (Lipinski definition) is 3. The fourth-order valence-electron chi connectivity index (χ4n) is 2.34. The Kier molecular flexibility index (Phi) is 7.24. The molecule has 0 amide bonds. The van der Waals surface area contributed by atoms with Crippen LogP contribution in [0.4, 0.5) is 17.6 Å². The molecule has 0 fully saturated rings. The van der Waals surface area contributed by atoms with Gasteiger partial charge in [0.05, 0.1) is 0 Å². The van der Waals surface area contributed by atoms with E-state index >= 15 is 0 Å². The lowest BCUT2D eigenvalue weighted by atomic mass is 10.1. The number of rotatable bonds is 8. The fourth-order valence-corrected chi connectivity index (χ4v) is 2.88. The first-order valence-electron chi connectivity index (χ1n) is 8.19. The first-order valence-corrected chi connectivity index (χ1v) is 9.28. The molecule has 0 unspecified atom stereocenters. The van der Waals surface area contributed by atoms with E-state index in [1.165, 1.54) is 13.8 Å². The Morgan fingerprint density at radius 3 is 1.39 bits per heavy atom. The molecule has 0 aliphatic rings. The van der Waals surface area contributed by atoms with E-state index in [0.29, 0.717) is 23.3 Å². The van der Waals surface area contributed by atoms with E-state index < -0.39 is 20.5 Å². The molecular weight excluding hydrogens is 395 g/mol. The third-order valence-corrected chi connectivity index (χ3v) is 4.40. The summed E-state index contributed by atoms with van der Waals surface area (Å²) >= 11 is 0. The van der Waals surface area contributed by atoms with E-state index in [-0.39, 0.29) is 11.1 Å². The van der Waals surface area contributed by atoms with Crippen LogP contribution in [0.15, 0.2) is 72.8 Å². The standard InChI is InChI=1S/C20H18F4O3P/c1-15(17-9-5-3-6-10-17)13-19(21,22)26-28(25)27-20(23,24)14-16(2)18-11-7-4-8-12-18/h3-14H,1-2H3/q+1. The first-order chi connectivity index (χ1) is 13.1. The molecule has 0 aliphatic carbocycles. The van der Waals surface area contributed by atoms with Gasteiger partial charge in [-0.25, -0.2) is 0 Å². The van der Waals surface area contributed by atoms with Crippen LogP contribution in [0.2, 0.25) is 0 Å². The van der Waals surface area contributed by atoms with Crippen molar-refractivity contribution < 1.29 is 31.2 Å². The van der Waals surface area contributed by atoms with E-state index in [2.05, 4.69) is 9.05 Å². The predicted octanol–water partition coefficient (Wildman–Crippen LogP) is 7.07. The molecule has 3 nitrogen and oxygen atoms in total. The Balaban J connectivity index is 2.05. The number of benzene rings is 2. The average Bonchev–Trinajstić information content (AvgIpc) is 2.61. The zero-order chi connectivity index (χ0) is 20.8. The highest BCUT2D eigenvalue weighted by atomic mass is 31.1. The van der Waals surface area contributed by atoms with Crippen LogP contribution in [0, 0.1) is 0 Å². The summed E-state index contributed by atoms with van der Waals surface area (Å²) in [7, 11) is -3.79. The molecule has 28 heavy (non-hydrogen) atoms. The molecule has 0 bridgehead atoms. The fraction of sp³-hybridized carbons (Fsp3) is 0.200. The van der Waals surface area contributed by atoms with Crippen LogP contribution < -0.4 is 0 Å². The largest absolute Gasteiger partial charge is 0.710 e. The van der Waals surface area contributed by atoms with Crippen molar-refractivity contribution in [3.63, 3.8) is 0 Å². The molecule has 0 saturated carbocycles. The van der Waals surface area contributed by atoms with Crippen molar-refractivity contribution in [3.05, 3.63) is 83.9 Å². The highest BCUT2D eigenvalue weighted by Gasteiger charge is 2.48. The van der Waals surface area contributed by atoms with Gasteiger partial charge >= 0.3 is 20.5 Å². The molecule has 2 aromatic rings. The summed E-state index contributed by atoms with van der Waals surface area (Å²) in [4.78, 5) is 0. The van der Waals surface area contributed by atoms with Crippen LogP contribution in [0.3, 0.4) is 0 Å². The van der Waals surface area contributed by atoms with Crippen LogP contribution in [0.1, 0.15) is 25.0 Å². The quantitative estimate of drug-likeness (QED) is 0.343. The number of alkyl halides is 4. The highest BCUT2D eigenvalue weighted by molar-refractivity contribution is 7.33. The third kappa shape index (κ3) is 7.00. The van der Waals surface area contributed by atoms with Crippen molar-refractivity contribution >= 4 is 19.4 Å². The third-order valence-electron chi connectivity index (χ3n) is 3.62. The van der Waals surface area contributed by atoms with Crippen molar-refractivity contribution in [2.75, 3.05) is 0 Å². The Morgan fingerprint density at radius 2 is 1.07 bits per heavy atom. The molecule has 2 aromatic carbocycles. The smallest absolute Gasteiger partial charge is 0.167 e. The lowest BCUT2D eigenvalue weighted by Crippen LogP contribution is -2.18. The van der Waals surface area contributed by atoms with Gasteiger partial charge < -0.3 is 0 Å². The van der Waals surface area contributed by atoms with E-state index in [0.717, 1.165) is 0 Å². The Labute approximate surface area is 161 Å².